The largest absolute Gasteiger partial charge is 0.493 e. The van der Waals surface area contributed by atoms with E-state index in [9.17, 15) is 4.79 Å². The zero-order valence-corrected chi connectivity index (χ0v) is 12.5. The number of ether oxygens (including phenoxy) is 1. The lowest BCUT2D eigenvalue weighted by molar-refractivity contribution is 0.0692. The number of benzene rings is 1. The standard InChI is InChI=1S/C16H25NO3/c1-3-4-7-11-17(2)12-8-13-20-15-10-6-5-9-14(15)16(18)19/h5-6,9-10H,3-4,7-8,11-13H2,1-2H3,(H,18,19). The van der Waals surface area contributed by atoms with Gasteiger partial charge in [0, 0.05) is 6.54 Å². The number of hydrogen-bond donors (Lipinski definition) is 1. The first-order chi connectivity index (χ1) is 9.65. The smallest absolute Gasteiger partial charge is 0.339 e. The average Bonchev–Trinajstić information content (AvgIpc) is 2.44. The zero-order chi connectivity index (χ0) is 14.8. The Kier molecular flexibility index (Phi) is 7.73. The highest BCUT2D eigenvalue weighted by atomic mass is 16.5. The van der Waals surface area contributed by atoms with Gasteiger partial charge in [-0.15, -0.1) is 0 Å². The number of aromatic carboxylic acids is 1. The summed E-state index contributed by atoms with van der Waals surface area (Å²) >= 11 is 0. The van der Waals surface area contributed by atoms with Crippen molar-refractivity contribution >= 4 is 5.97 Å². The Morgan fingerprint density at radius 3 is 2.60 bits per heavy atom. The molecule has 0 saturated carbocycles. The second-order valence-corrected chi connectivity index (χ2v) is 5.01. The number of carboxylic acids is 1. The van der Waals surface area contributed by atoms with Gasteiger partial charge in [0.2, 0.25) is 0 Å². The van der Waals surface area contributed by atoms with E-state index in [2.05, 4.69) is 18.9 Å². The van der Waals surface area contributed by atoms with Crippen molar-refractivity contribution in [2.75, 3.05) is 26.7 Å². The molecule has 0 heterocycles. The first-order valence-electron chi connectivity index (χ1n) is 7.28. The molecular weight excluding hydrogens is 254 g/mol. The third-order valence-corrected chi connectivity index (χ3v) is 3.20. The van der Waals surface area contributed by atoms with Gasteiger partial charge in [-0.05, 0) is 38.6 Å². The fraction of sp³-hybridized carbons (Fsp3) is 0.562. The number of hydrogen-bond acceptors (Lipinski definition) is 3. The summed E-state index contributed by atoms with van der Waals surface area (Å²) in [7, 11) is 2.11. The second kappa shape index (κ2) is 9.37. The first-order valence-corrected chi connectivity index (χ1v) is 7.28. The van der Waals surface area contributed by atoms with E-state index in [1.165, 1.54) is 19.3 Å². The summed E-state index contributed by atoms with van der Waals surface area (Å²) in [4.78, 5) is 13.3. The number of carbonyl (C=O) groups is 1. The highest BCUT2D eigenvalue weighted by Gasteiger charge is 2.09. The lowest BCUT2D eigenvalue weighted by atomic mass is 10.2. The minimum absolute atomic E-state index is 0.226. The van der Waals surface area contributed by atoms with Crippen molar-refractivity contribution in [3.63, 3.8) is 0 Å². The van der Waals surface area contributed by atoms with Crippen molar-refractivity contribution in [3.05, 3.63) is 29.8 Å². The Morgan fingerprint density at radius 2 is 1.90 bits per heavy atom. The minimum atomic E-state index is -0.947. The monoisotopic (exact) mass is 279 g/mol. The molecule has 0 radical (unpaired) electrons. The maximum atomic E-state index is 11.0. The third-order valence-electron chi connectivity index (χ3n) is 3.20. The molecule has 0 bridgehead atoms. The van der Waals surface area contributed by atoms with Crippen molar-refractivity contribution in [1.29, 1.82) is 0 Å². The van der Waals surface area contributed by atoms with Gasteiger partial charge in [-0.1, -0.05) is 31.9 Å². The van der Waals surface area contributed by atoms with Gasteiger partial charge in [0.15, 0.2) is 0 Å². The molecule has 0 aliphatic heterocycles. The molecule has 1 rings (SSSR count). The molecule has 0 atom stereocenters. The van der Waals surface area contributed by atoms with Gasteiger partial charge in [0.25, 0.3) is 0 Å². The van der Waals surface area contributed by atoms with Crippen molar-refractivity contribution in [3.8, 4) is 5.75 Å². The molecule has 0 fully saturated rings. The van der Waals surface area contributed by atoms with E-state index in [0.29, 0.717) is 12.4 Å². The molecule has 0 unspecified atom stereocenters. The quantitative estimate of drug-likeness (QED) is 0.668. The molecule has 1 N–H and O–H groups in total. The van der Waals surface area contributed by atoms with E-state index in [0.717, 1.165) is 19.5 Å². The first kappa shape index (κ1) is 16.5. The SMILES string of the molecule is CCCCCN(C)CCCOc1ccccc1C(=O)O. The average molecular weight is 279 g/mol. The Bertz CT molecular complexity index is 406. The molecule has 20 heavy (non-hydrogen) atoms. The van der Waals surface area contributed by atoms with Crippen LogP contribution in [0.25, 0.3) is 0 Å². The normalized spacial score (nSPS) is 10.8. The minimum Gasteiger partial charge on any atom is -0.493 e. The molecule has 0 aliphatic rings. The fourth-order valence-electron chi connectivity index (χ4n) is 2.03. The zero-order valence-electron chi connectivity index (χ0n) is 12.5. The topological polar surface area (TPSA) is 49.8 Å². The highest BCUT2D eigenvalue weighted by molar-refractivity contribution is 5.90. The van der Waals surface area contributed by atoms with Crippen LogP contribution in [-0.4, -0.2) is 42.7 Å². The maximum Gasteiger partial charge on any atom is 0.339 e. The summed E-state index contributed by atoms with van der Waals surface area (Å²) in [6.07, 6.45) is 4.64. The van der Waals surface area contributed by atoms with Crippen molar-refractivity contribution in [2.45, 2.75) is 32.6 Å². The van der Waals surface area contributed by atoms with Crippen LogP contribution in [0.1, 0.15) is 43.0 Å². The van der Waals surface area contributed by atoms with Crippen molar-refractivity contribution in [2.24, 2.45) is 0 Å². The Labute approximate surface area is 121 Å². The van der Waals surface area contributed by atoms with Gasteiger partial charge in [0.1, 0.15) is 11.3 Å². The van der Waals surface area contributed by atoms with E-state index in [1.54, 1.807) is 24.3 Å². The van der Waals surface area contributed by atoms with Gasteiger partial charge in [-0.3, -0.25) is 0 Å². The Balaban J connectivity index is 2.26. The van der Waals surface area contributed by atoms with E-state index in [-0.39, 0.29) is 5.56 Å². The lowest BCUT2D eigenvalue weighted by Gasteiger charge is -2.16. The molecule has 1 aromatic carbocycles. The van der Waals surface area contributed by atoms with Crippen LogP contribution in [0.5, 0.6) is 5.75 Å². The van der Waals surface area contributed by atoms with Gasteiger partial charge in [-0.2, -0.15) is 0 Å². The van der Waals surface area contributed by atoms with Gasteiger partial charge in [-0.25, -0.2) is 4.79 Å². The molecule has 0 amide bonds. The van der Waals surface area contributed by atoms with Crippen LogP contribution >= 0.6 is 0 Å². The maximum absolute atomic E-state index is 11.0. The highest BCUT2D eigenvalue weighted by Crippen LogP contribution is 2.17. The predicted octanol–water partition coefficient (Wildman–Crippen LogP) is 3.28. The number of carboxylic acid groups (broad SMARTS) is 1. The molecule has 4 nitrogen and oxygen atoms in total. The Morgan fingerprint density at radius 1 is 1.20 bits per heavy atom. The van der Waals surface area contributed by atoms with Crippen LogP contribution in [0.15, 0.2) is 24.3 Å². The number of unbranched alkanes of at least 4 members (excludes halogenated alkanes) is 2. The summed E-state index contributed by atoms with van der Waals surface area (Å²) in [5.74, 6) is -0.495. The van der Waals surface area contributed by atoms with Crippen LogP contribution in [0.3, 0.4) is 0 Å². The van der Waals surface area contributed by atoms with E-state index in [4.69, 9.17) is 9.84 Å². The summed E-state index contributed by atoms with van der Waals surface area (Å²) in [5.41, 5.74) is 0.226. The van der Waals surface area contributed by atoms with E-state index < -0.39 is 5.97 Å². The molecule has 4 heteroatoms. The number of nitrogens with zero attached hydrogens (tertiary/aromatic N) is 1. The third kappa shape index (κ3) is 6.06. The predicted molar refractivity (Wildman–Crippen MR) is 80.5 cm³/mol. The molecule has 112 valence electrons. The van der Waals surface area contributed by atoms with Gasteiger partial charge in [0.05, 0.1) is 6.61 Å². The summed E-state index contributed by atoms with van der Waals surface area (Å²) in [6, 6.07) is 6.76. The van der Waals surface area contributed by atoms with Crippen molar-refractivity contribution < 1.29 is 14.6 Å². The number of para-hydroxylation sites is 1. The van der Waals surface area contributed by atoms with Gasteiger partial charge < -0.3 is 14.7 Å². The van der Waals surface area contributed by atoms with Crippen molar-refractivity contribution in [1.82, 2.24) is 4.90 Å². The summed E-state index contributed by atoms with van der Waals surface area (Å²) in [6.45, 7) is 4.83. The van der Waals surface area contributed by atoms with Crippen LogP contribution in [0.4, 0.5) is 0 Å². The molecule has 0 saturated heterocycles. The lowest BCUT2D eigenvalue weighted by Crippen LogP contribution is -2.22. The van der Waals surface area contributed by atoms with Crippen LogP contribution in [-0.2, 0) is 0 Å². The molecular formula is C16H25NO3. The van der Waals surface area contributed by atoms with E-state index in [1.807, 2.05) is 0 Å². The summed E-state index contributed by atoms with van der Waals surface area (Å²) < 4.78 is 5.57. The molecule has 1 aromatic rings. The van der Waals surface area contributed by atoms with Crippen LogP contribution in [0, 0.1) is 0 Å². The number of rotatable bonds is 10. The van der Waals surface area contributed by atoms with Crippen LogP contribution in [0.2, 0.25) is 0 Å². The van der Waals surface area contributed by atoms with E-state index >= 15 is 0 Å². The fourth-order valence-corrected chi connectivity index (χ4v) is 2.03. The second-order valence-electron chi connectivity index (χ2n) is 5.01. The molecule has 0 aromatic heterocycles. The van der Waals surface area contributed by atoms with Crippen LogP contribution < -0.4 is 4.74 Å². The van der Waals surface area contributed by atoms with Gasteiger partial charge >= 0.3 is 5.97 Å². The molecule has 0 spiro atoms. The Hall–Kier alpha value is -1.55. The summed E-state index contributed by atoms with van der Waals surface area (Å²) in [5, 5.41) is 9.04. The molecule has 0 aliphatic carbocycles.